The molecule has 2 rings (SSSR count). The molecule has 3 nitrogen and oxygen atoms in total. The Morgan fingerprint density at radius 2 is 2.35 bits per heavy atom. The van der Waals surface area contributed by atoms with Gasteiger partial charge in [-0.25, -0.2) is 0 Å². The molecule has 0 radical (unpaired) electrons. The monoisotopic (exact) mass is 317 g/mol. The van der Waals surface area contributed by atoms with Crippen molar-refractivity contribution in [3.63, 3.8) is 0 Å². The van der Waals surface area contributed by atoms with E-state index in [0.717, 1.165) is 4.47 Å². The second kappa shape index (κ2) is 5.38. The van der Waals surface area contributed by atoms with Gasteiger partial charge in [0, 0.05) is 22.6 Å². The summed E-state index contributed by atoms with van der Waals surface area (Å²) in [7, 11) is 0. The molecule has 5 heteroatoms. The Morgan fingerprint density at radius 1 is 1.59 bits per heavy atom. The number of morpholine rings is 1. The fourth-order valence-electron chi connectivity index (χ4n) is 1.83. The fraction of sp³-hybridized carbons (Fsp3) is 0.417. The predicted octanol–water partition coefficient (Wildman–Crippen LogP) is 2.96. The minimum Gasteiger partial charge on any atom is -0.375 e. The highest BCUT2D eigenvalue weighted by atomic mass is 79.9. The molecule has 1 aromatic carbocycles. The summed E-state index contributed by atoms with van der Waals surface area (Å²) < 4.78 is 6.19. The highest BCUT2D eigenvalue weighted by molar-refractivity contribution is 9.10. The van der Waals surface area contributed by atoms with Crippen LogP contribution in [0.25, 0.3) is 0 Å². The first-order valence-corrected chi connectivity index (χ1v) is 6.61. The van der Waals surface area contributed by atoms with Crippen molar-refractivity contribution >= 4 is 33.4 Å². The van der Waals surface area contributed by atoms with Gasteiger partial charge in [-0.3, -0.25) is 4.79 Å². The lowest BCUT2D eigenvalue weighted by molar-refractivity contribution is -0.0124. The lowest BCUT2D eigenvalue weighted by Crippen LogP contribution is -2.44. The summed E-state index contributed by atoms with van der Waals surface area (Å²) in [5.74, 6) is -0.00507. The molecular formula is C12H13BrClNO2. The van der Waals surface area contributed by atoms with Gasteiger partial charge in [-0.1, -0.05) is 11.6 Å². The van der Waals surface area contributed by atoms with Gasteiger partial charge >= 0.3 is 0 Å². The van der Waals surface area contributed by atoms with Crippen LogP contribution in [0.15, 0.2) is 22.7 Å². The van der Waals surface area contributed by atoms with Crippen molar-refractivity contribution in [1.82, 2.24) is 4.90 Å². The van der Waals surface area contributed by atoms with E-state index in [9.17, 15) is 4.79 Å². The summed E-state index contributed by atoms with van der Waals surface area (Å²) in [5, 5.41) is 0.567. The molecule has 1 fully saturated rings. The van der Waals surface area contributed by atoms with Crippen LogP contribution < -0.4 is 0 Å². The zero-order chi connectivity index (χ0) is 12.4. The van der Waals surface area contributed by atoms with Crippen LogP contribution in [0.5, 0.6) is 0 Å². The smallest absolute Gasteiger partial charge is 0.255 e. The molecule has 0 bridgehead atoms. The Bertz CT molecular complexity index is 439. The van der Waals surface area contributed by atoms with Crippen molar-refractivity contribution in [2.75, 3.05) is 19.7 Å². The van der Waals surface area contributed by atoms with Crippen molar-refractivity contribution in [2.45, 2.75) is 13.0 Å². The standard InChI is InChI=1S/C12H13BrClNO2/c1-8-7-15(4-5-17-8)12(16)10-6-9(14)2-3-11(10)13/h2-3,6,8H,4-5,7H2,1H3/t8-/m0/s1. The minimum atomic E-state index is -0.00507. The van der Waals surface area contributed by atoms with Crippen LogP contribution in [0, 0.1) is 0 Å². The third kappa shape index (κ3) is 3.00. The van der Waals surface area contributed by atoms with Gasteiger partial charge in [-0.15, -0.1) is 0 Å². The van der Waals surface area contributed by atoms with Crippen LogP contribution in [0.1, 0.15) is 17.3 Å². The highest BCUT2D eigenvalue weighted by Crippen LogP contribution is 2.23. The number of amides is 1. The molecule has 0 spiro atoms. The van der Waals surface area contributed by atoms with Crippen LogP contribution in [0.2, 0.25) is 5.02 Å². The van der Waals surface area contributed by atoms with E-state index in [-0.39, 0.29) is 12.0 Å². The minimum absolute atomic E-state index is 0.00507. The molecule has 1 heterocycles. The van der Waals surface area contributed by atoms with Gasteiger partial charge in [-0.2, -0.15) is 0 Å². The summed E-state index contributed by atoms with van der Waals surface area (Å²) >= 11 is 9.29. The second-order valence-corrected chi connectivity index (χ2v) is 5.35. The van der Waals surface area contributed by atoms with E-state index in [2.05, 4.69) is 15.9 Å². The Morgan fingerprint density at radius 3 is 3.06 bits per heavy atom. The number of halogens is 2. The maximum Gasteiger partial charge on any atom is 0.255 e. The number of carbonyl (C=O) groups excluding carboxylic acids is 1. The van der Waals surface area contributed by atoms with E-state index in [1.165, 1.54) is 0 Å². The lowest BCUT2D eigenvalue weighted by atomic mass is 10.2. The first-order chi connectivity index (χ1) is 8.08. The average Bonchev–Trinajstić information content (AvgIpc) is 2.31. The highest BCUT2D eigenvalue weighted by Gasteiger charge is 2.23. The number of rotatable bonds is 1. The number of hydrogen-bond acceptors (Lipinski definition) is 2. The Labute approximate surface area is 114 Å². The van der Waals surface area contributed by atoms with E-state index < -0.39 is 0 Å². The molecule has 1 atom stereocenters. The topological polar surface area (TPSA) is 29.5 Å². The third-order valence-electron chi connectivity index (χ3n) is 2.69. The van der Waals surface area contributed by atoms with Gasteiger partial charge in [0.2, 0.25) is 0 Å². The molecule has 0 aromatic heterocycles. The molecule has 0 saturated carbocycles. The van der Waals surface area contributed by atoms with E-state index in [4.69, 9.17) is 16.3 Å². The van der Waals surface area contributed by atoms with E-state index in [1.807, 2.05) is 6.92 Å². The molecule has 17 heavy (non-hydrogen) atoms. The SMILES string of the molecule is C[C@H]1CN(C(=O)c2cc(Cl)ccc2Br)CCO1. The van der Waals surface area contributed by atoms with Crippen molar-refractivity contribution in [1.29, 1.82) is 0 Å². The van der Waals surface area contributed by atoms with Crippen molar-refractivity contribution in [3.8, 4) is 0 Å². The van der Waals surface area contributed by atoms with Gasteiger partial charge in [0.25, 0.3) is 5.91 Å². The number of hydrogen-bond donors (Lipinski definition) is 0. The van der Waals surface area contributed by atoms with Gasteiger partial charge in [0.15, 0.2) is 0 Å². The number of ether oxygens (including phenoxy) is 1. The van der Waals surface area contributed by atoms with Gasteiger partial charge in [0.1, 0.15) is 0 Å². The largest absolute Gasteiger partial charge is 0.375 e. The number of benzene rings is 1. The van der Waals surface area contributed by atoms with Crippen molar-refractivity contribution in [3.05, 3.63) is 33.3 Å². The molecule has 0 N–H and O–H groups in total. The first-order valence-electron chi connectivity index (χ1n) is 5.44. The Balaban J connectivity index is 2.21. The van der Waals surface area contributed by atoms with E-state index in [0.29, 0.717) is 30.3 Å². The molecule has 0 unspecified atom stereocenters. The summed E-state index contributed by atoms with van der Waals surface area (Å²) in [4.78, 5) is 14.1. The quantitative estimate of drug-likeness (QED) is 0.797. The predicted molar refractivity (Wildman–Crippen MR) is 70.5 cm³/mol. The zero-order valence-corrected chi connectivity index (χ0v) is 11.8. The molecule has 1 aliphatic rings. The van der Waals surface area contributed by atoms with Crippen LogP contribution in [-0.4, -0.2) is 36.6 Å². The van der Waals surface area contributed by atoms with E-state index in [1.54, 1.807) is 23.1 Å². The number of carbonyl (C=O) groups is 1. The number of nitrogens with zero attached hydrogens (tertiary/aromatic N) is 1. The first kappa shape index (κ1) is 12.9. The molecule has 1 saturated heterocycles. The summed E-state index contributed by atoms with van der Waals surface area (Å²) in [5.41, 5.74) is 0.603. The Kier molecular flexibility index (Phi) is 4.07. The zero-order valence-electron chi connectivity index (χ0n) is 9.45. The van der Waals surface area contributed by atoms with Gasteiger partial charge in [-0.05, 0) is 41.1 Å². The van der Waals surface area contributed by atoms with Crippen molar-refractivity contribution in [2.24, 2.45) is 0 Å². The summed E-state index contributed by atoms with van der Waals surface area (Å²) in [6.45, 7) is 3.80. The van der Waals surface area contributed by atoms with Crippen molar-refractivity contribution < 1.29 is 9.53 Å². The third-order valence-corrected chi connectivity index (χ3v) is 3.61. The maximum absolute atomic E-state index is 12.3. The van der Waals surface area contributed by atoms with E-state index >= 15 is 0 Å². The molecule has 0 aliphatic carbocycles. The van der Waals surface area contributed by atoms with Crippen LogP contribution in [0.4, 0.5) is 0 Å². The maximum atomic E-state index is 12.3. The van der Waals surface area contributed by atoms with Crippen LogP contribution >= 0.6 is 27.5 Å². The van der Waals surface area contributed by atoms with Gasteiger partial charge < -0.3 is 9.64 Å². The van der Waals surface area contributed by atoms with Crippen LogP contribution in [-0.2, 0) is 4.74 Å². The molecular weight excluding hydrogens is 305 g/mol. The molecule has 1 amide bonds. The molecule has 92 valence electrons. The normalized spacial score (nSPS) is 20.4. The molecule has 1 aromatic rings. The molecule has 1 aliphatic heterocycles. The Hall–Kier alpha value is -0.580. The van der Waals surface area contributed by atoms with Crippen LogP contribution in [0.3, 0.4) is 0 Å². The second-order valence-electron chi connectivity index (χ2n) is 4.06. The van der Waals surface area contributed by atoms with Gasteiger partial charge in [0.05, 0.1) is 18.3 Å². The lowest BCUT2D eigenvalue weighted by Gasteiger charge is -2.31. The summed E-state index contributed by atoms with van der Waals surface area (Å²) in [6, 6.07) is 5.23. The average molecular weight is 319 g/mol. The fourth-order valence-corrected chi connectivity index (χ4v) is 2.42. The summed E-state index contributed by atoms with van der Waals surface area (Å²) in [6.07, 6.45) is 0.0886.